The van der Waals surface area contributed by atoms with Crippen molar-refractivity contribution in [3.8, 4) is 17.7 Å². The van der Waals surface area contributed by atoms with Crippen LogP contribution in [-0.4, -0.2) is 70.6 Å². The quantitative estimate of drug-likeness (QED) is 0.603. The second kappa shape index (κ2) is 11.4. The van der Waals surface area contributed by atoms with Gasteiger partial charge in [0.25, 0.3) is 5.91 Å². The Hall–Kier alpha value is -2.59. The summed E-state index contributed by atoms with van der Waals surface area (Å²) in [6.45, 7) is 4.57. The number of rotatable bonds is 7. The number of fused-ring (bicyclic) bond motifs is 1. The van der Waals surface area contributed by atoms with Crippen molar-refractivity contribution in [2.45, 2.75) is 77.4 Å². The third kappa shape index (κ3) is 6.55. The van der Waals surface area contributed by atoms with Crippen molar-refractivity contribution in [1.82, 2.24) is 14.8 Å². The molecule has 1 N–H and O–H groups in total. The van der Waals surface area contributed by atoms with Gasteiger partial charge in [0.15, 0.2) is 0 Å². The first-order valence-corrected chi connectivity index (χ1v) is 13.2. The summed E-state index contributed by atoms with van der Waals surface area (Å²) in [5.74, 6) is 7.79. The van der Waals surface area contributed by atoms with E-state index in [1.54, 1.807) is 22.1 Å². The molecule has 4 rings (SSSR count). The molecular formula is C28H39N3O4. The molecule has 3 aliphatic rings. The van der Waals surface area contributed by atoms with Crippen molar-refractivity contribution < 1.29 is 19.4 Å². The van der Waals surface area contributed by atoms with E-state index in [0.29, 0.717) is 42.5 Å². The normalized spacial score (nSPS) is 23.4. The van der Waals surface area contributed by atoms with Gasteiger partial charge in [-0.2, -0.15) is 0 Å². The molecule has 7 nitrogen and oxygen atoms in total. The van der Waals surface area contributed by atoms with Crippen molar-refractivity contribution in [1.29, 1.82) is 0 Å². The summed E-state index contributed by atoms with van der Waals surface area (Å²) in [5, 5.41) is 9.83. The Kier molecular flexibility index (Phi) is 8.33. The summed E-state index contributed by atoms with van der Waals surface area (Å²) in [7, 11) is 1.82. The maximum atomic E-state index is 13.5. The molecule has 190 valence electrons. The van der Waals surface area contributed by atoms with Crippen LogP contribution in [0.15, 0.2) is 12.3 Å². The lowest BCUT2D eigenvalue weighted by Crippen LogP contribution is -2.50. The van der Waals surface area contributed by atoms with Crippen LogP contribution in [0.5, 0.6) is 5.88 Å². The molecule has 2 fully saturated rings. The third-order valence-electron chi connectivity index (χ3n) is 7.66. The molecule has 2 saturated carbocycles. The van der Waals surface area contributed by atoms with E-state index in [9.17, 15) is 14.7 Å². The Balaban J connectivity index is 1.56. The number of carbonyl (C=O) groups is 2. The zero-order chi connectivity index (χ0) is 24.9. The maximum absolute atomic E-state index is 13.5. The predicted octanol–water partition coefficient (Wildman–Crippen LogP) is 3.49. The Labute approximate surface area is 209 Å². The van der Waals surface area contributed by atoms with Crippen LogP contribution in [0.3, 0.4) is 0 Å². The van der Waals surface area contributed by atoms with Gasteiger partial charge in [-0.1, -0.05) is 31.6 Å². The minimum atomic E-state index is -0.345. The van der Waals surface area contributed by atoms with E-state index in [1.165, 1.54) is 25.7 Å². The van der Waals surface area contributed by atoms with Gasteiger partial charge in [0.05, 0.1) is 19.2 Å². The van der Waals surface area contributed by atoms with Crippen molar-refractivity contribution in [2.24, 2.45) is 17.8 Å². The molecule has 1 aliphatic heterocycles. The Morgan fingerprint density at radius 2 is 2.03 bits per heavy atom. The van der Waals surface area contributed by atoms with Crippen LogP contribution < -0.4 is 4.74 Å². The molecule has 0 aromatic carbocycles. The second-order valence-electron chi connectivity index (χ2n) is 10.8. The summed E-state index contributed by atoms with van der Waals surface area (Å²) >= 11 is 0. The average Bonchev–Trinajstić information content (AvgIpc) is 3.51. The number of ether oxygens (including phenoxy) is 1. The molecule has 7 heteroatoms. The molecule has 1 aromatic rings. The minimum Gasteiger partial charge on any atom is -0.472 e. The van der Waals surface area contributed by atoms with Gasteiger partial charge in [-0.05, 0) is 50.5 Å². The lowest BCUT2D eigenvalue weighted by atomic mass is 9.99. The fraction of sp³-hybridized carbons (Fsp3) is 0.679. The summed E-state index contributed by atoms with van der Waals surface area (Å²) in [6, 6.07) is 1.42. The van der Waals surface area contributed by atoms with E-state index in [2.05, 4.69) is 16.8 Å². The zero-order valence-corrected chi connectivity index (χ0v) is 21.3. The lowest BCUT2D eigenvalue weighted by Gasteiger charge is -2.37. The molecule has 0 unspecified atom stereocenters. The highest BCUT2D eigenvalue weighted by molar-refractivity contribution is 5.97. The van der Waals surface area contributed by atoms with Crippen LogP contribution in [0.4, 0.5) is 0 Å². The highest BCUT2D eigenvalue weighted by atomic mass is 16.5. The van der Waals surface area contributed by atoms with Crippen LogP contribution in [0, 0.1) is 29.6 Å². The summed E-state index contributed by atoms with van der Waals surface area (Å²) in [6.07, 6.45) is 10.1. The van der Waals surface area contributed by atoms with Gasteiger partial charge in [0.1, 0.15) is 11.7 Å². The van der Waals surface area contributed by atoms with E-state index in [1.807, 2.05) is 20.9 Å². The summed E-state index contributed by atoms with van der Waals surface area (Å²) in [4.78, 5) is 34.1. The maximum Gasteiger partial charge on any atom is 0.259 e. The van der Waals surface area contributed by atoms with Crippen molar-refractivity contribution in [3.05, 3.63) is 23.4 Å². The van der Waals surface area contributed by atoms with Gasteiger partial charge < -0.3 is 19.6 Å². The number of likely N-dealkylation sites (N-methyl/N-ethyl adjacent to an activating group) is 1. The van der Waals surface area contributed by atoms with Crippen molar-refractivity contribution in [2.75, 3.05) is 26.7 Å². The van der Waals surface area contributed by atoms with Crippen LogP contribution >= 0.6 is 0 Å². The molecule has 0 spiro atoms. The van der Waals surface area contributed by atoms with Crippen LogP contribution in [-0.2, 0) is 4.79 Å². The SMILES string of the molecule is C[C@@H]1CN([C@H](C)CO)C(=O)c2cc(C#CCC3CCCC3)cnc2O[C@H]1CN(C)C(=O)CC1CC1. The fourth-order valence-electron chi connectivity index (χ4n) is 5.00. The third-order valence-corrected chi connectivity index (χ3v) is 7.66. The van der Waals surface area contributed by atoms with E-state index < -0.39 is 0 Å². The number of aliphatic hydroxyl groups excluding tert-OH is 1. The van der Waals surface area contributed by atoms with Gasteiger partial charge >= 0.3 is 0 Å². The fourth-order valence-corrected chi connectivity index (χ4v) is 5.00. The molecule has 2 amide bonds. The highest BCUT2D eigenvalue weighted by Crippen LogP contribution is 2.33. The first-order valence-electron chi connectivity index (χ1n) is 13.2. The standard InChI is InChI=1S/C28H39N3O4/c1-19-16-31(20(2)18-32)28(34)24-13-23(10-6-9-21-7-4-5-8-21)15-29-27(24)35-25(19)17-30(3)26(33)14-22-11-12-22/h13,15,19-22,25,32H,4-5,7-9,11-12,14,16-18H2,1-3H3/t19-,20-,25+/m1/s1. The number of hydrogen-bond donors (Lipinski definition) is 1. The van der Waals surface area contributed by atoms with E-state index in [0.717, 1.165) is 19.3 Å². The highest BCUT2D eigenvalue weighted by Gasteiger charge is 2.35. The number of aliphatic hydroxyl groups is 1. The Morgan fingerprint density at radius 3 is 2.71 bits per heavy atom. The molecule has 0 bridgehead atoms. The van der Waals surface area contributed by atoms with Gasteiger partial charge in [0, 0.05) is 44.1 Å². The van der Waals surface area contributed by atoms with Gasteiger partial charge in [-0.25, -0.2) is 4.98 Å². The van der Waals surface area contributed by atoms with Crippen LogP contribution in [0.1, 0.15) is 81.1 Å². The van der Waals surface area contributed by atoms with Crippen molar-refractivity contribution >= 4 is 11.8 Å². The zero-order valence-electron chi connectivity index (χ0n) is 21.3. The van der Waals surface area contributed by atoms with Crippen LogP contribution in [0.2, 0.25) is 0 Å². The second-order valence-corrected chi connectivity index (χ2v) is 10.8. The van der Waals surface area contributed by atoms with E-state index in [4.69, 9.17) is 4.74 Å². The monoisotopic (exact) mass is 481 g/mol. The first kappa shape index (κ1) is 25.5. The lowest BCUT2D eigenvalue weighted by molar-refractivity contribution is -0.131. The molecule has 0 radical (unpaired) electrons. The summed E-state index contributed by atoms with van der Waals surface area (Å²) < 4.78 is 6.30. The Morgan fingerprint density at radius 1 is 1.29 bits per heavy atom. The Bertz CT molecular complexity index is 974. The molecule has 2 aliphatic carbocycles. The molecule has 35 heavy (non-hydrogen) atoms. The number of nitrogens with zero attached hydrogens (tertiary/aromatic N) is 3. The van der Waals surface area contributed by atoms with Gasteiger partial charge in [0.2, 0.25) is 11.8 Å². The molecule has 3 atom stereocenters. The van der Waals surface area contributed by atoms with Crippen molar-refractivity contribution in [3.63, 3.8) is 0 Å². The molecule has 0 saturated heterocycles. The topological polar surface area (TPSA) is 83.0 Å². The number of carbonyl (C=O) groups excluding carboxylic acids is 2. The average molecular weight is 482 g/mol. The predicted molar refractivity (Wildman–Crippen MR) is 134 cm³/mol. The first-order chi connectivity index (χ1) is 16.9. The number of hydrogen-bond acceptors (Lipinski definition) is 5. The van der Waals surface area contributed by atoms with E-state index >= 15 is 0 Å². The van der Waals surface area contributed by atoms with Crippen LogP contribution in [0.25, 0.3) is 0 Å². The largest absolute Gasteiger partial charge is 0.472 e. The van der Waals surface area contributed by atoms with Gasteiger partial charge in [-0.15, -0.1) is 0 Å². The minimum absolute atomic E-state index is 0.0510. The molecular weight excluding hydrogens is 442 g/mol. The molecule has 2 heterocycles. The number of aromatic nitrogens is 1. The van der Waals surface area contributed by atoms with E-state index in [-0.39, 0.29) is 42.4 Å². The summed E-state index contributed by atoms with van der Waals surface area (Å²) in [5.41, 5.74) is 1.05. The number of amides is 2. The van der Waals surface area contributed by atoms with Gasteiger partial charge in [-0.3, -0.25) is 9.59 Å². The number of pyridine rings is 1. The smallest absolute Gasteiger partial charge is 0.259 e. The molecule has 1 aromatic heterocycles.